The predicted molar refractivity (Wildman–Crippen MR) is 84.8 cm³/mol. The summed E-state index contributed by atoms with van der Waals surface area (Å²) in [5, 5.41) is 0.656. The fourth-order valence-electron chi connectivity index (χ4n) is 2.36. The van der Waals surface area contributed by atoms with Crippen molar-refractivity contribution in [2.24, 2.45) is 0 Å². The zero-order valence-electron chi connectivity index (χ0n) is 11.3. The molecule has 0 aliphatic carbocycles. The van der Waals surface area contributed by atoms with Crippen molar-refractivity contribution in [3.63, 3.8) is 0 Å². The number of nitrogen functional groups attached to an aromatic ring is 1. The van der Waals surface area contributed by atoms with Crippen molar-refractivity contribution in [2.45, 2.75) is 0 Å². The second-order valence-corrected chi connectivity index (χ2v) is 5.26. The molecule has 0 atom stereocenters. The molecule has 2 aromatic carbocycles. The first-order valence-corrected chi connectivity index (χ1v) is 6.66. The van der Waals surface area contributed by atoms with Crippen LogP contribution in [0.4, 0.5) is 11.6 Å². The summed E-state index contributed by atoms with van der Waals surface area (Å²) in [5.41, 5.74) is 9.91. The van der Waals surface area contributed by atoms with Gasteiger partial charge in [-0.15, -0.1) is 0 Å². The van der Waals surface area contributed by atoms with Gasteiger partial charge in [0, 0.05) is 19.1 Å². The summed E-state index contributed by atoms with van der Waals surface area (Å²) in [5.74, 6) is 0.455. The Morgan fingerprint density at radius 1 is 1.15 bits per heavy atom. The van der Waals surface area contributed by atoms with Crippen LogP contribution < -0.4 is 10.6 Å². The molecule has 0 radical (unpaired) electrons. The molecular formula is C15H15ClN4. The molecular weight excluding hydrogens is 272 g/mol. The summed E-state index contributed by atoms with van der Waals surface area (Å²) in [7, 11) is 4.01. The van der Waals surface area contributed by atoms with Gasteiger partial charge in [-0.25, -0.2) is 4.98 Å². The number of nitrogens with two attached hydrogens (primary N) is 1. The molecule has 0 unspecified atom stereocenters. The molecule has 4 nitrogen and oxygen atoms in total. The zero-order chi connectivity index (χ0) is 14.3. The van der Waals surface area contributed by atoms with Crippen LogP contribution >= 0.6 is 11.6 Å². The molecule has 0 saturated heterocycles. The summed E-state index contributed by atoms with van der Waals surface area (Å²) >= 11 is 6.01. The van der Waals surface area contributed by atoms with E-state index in [1.807, 2.05) is 55.1 Å². The van der Waals surface area contributed by atoms with Gasteiger partial charge in [0.25, 0.3) is 0 Å². The highest BCUT2D eigenvalue weighted by atomic mass is 35.5. The minimum absolute atomic E-state index is 0.455. The van der Waals surface area contributed by atoms with Gasteiger partial charge in [0.05, 0.1) is 22.4 Å². The lowest BCUT2D eigenvalue weighted by molar-refractivity contribution is 1.06. The zero-order valence-corrected chi connectivity index (χ0v) is 12.1. The molecule has 5 heteroatoms. The molecule has 1 heterocycles. The number of nitrogens with zero attached hydrogens (tertiary/aromatic N) is 3. The van der Waals surface area contributed by atoms with E-state index in [1.54, 1.807) is 0 Å². The first-order valence-electron chi connectivity index (χ1n) is 6.28. The average Bonchev–Trinajstić information content (AvgIpc) is 2.73. The standard InChI is InChI=1S/C15H15ClN4/c1-19(2)13-5-3-4-6-14(13)20-12-8-7-10(16)9-11(12)18-15(20)17/h3-9H,1-2H3,(H2,17,18). The molecule has 3 aromatic rings. The van der Waals surface area contributed by atoms with Crippen LogP contribution in [0.2, 0.25) is 5.02 Å². The van der Waals surface area contributed by atoms with Gasteiger partial charge in [0.1, 0.15) is 0 Å². The molecule has 1 aromatic heterocycles. The van der Waals surface area contributed by atoms with Gasteiger partial charge in [-0.05, 0) is 30.3 Å². The average molecular weight is 287 g/mol. The molecule has 0 fully saturated rings. The van der Waals surface area contributed by atoms with Gasteiger partial charge in [-0.2, -0.15) is 0 Å². The van der Waals surface area contributed by atoms with Crippen LogP contribution in [0.5, 0.6) is 0 Å². The van der Waals surface area contributed by atoms with Gasteiger partial charge in [-0.1, -0.05) is 23.7 Å². The van der Waals surface area contributed by atoms with E-state index in [0.29, 0.717) is 11.0 Å². The number of para-hydroxylation sites is 2. The van der Waals surface area contributed by atoms with E-state index >= 15 is 0 Å². The van der Waals surface area contributed by atoms with Crippen molar-refractivity contribution in [3.05, 3.63) is 47.5 Å². The Labute approximate surface area is 122 Å². The van der Waals surface area contributed by atoms with Crippen LogP contribution in [0.15, 0.2) is 42.5 Å². The third-order valence-corrected chi connectivity index (χ3v) is 3.48. The smallest absolute Gasteiger partial charge is 0.206 e. The Morgan fingerprint density at radius 2 is 1.90 bits per heavy atom. The highest BCUT2D eigenvalue weighted by Gasteiger charge is 2.13. The van der Waals surface area contributed by atoms with Crippen molar-refractivity contribution in [1.29, 1.82) is 0 Å². The van der Waals surface area contributed by atoms with Crippen LogP contribution in [-0.4, -0.2) is 23.6 Å². The molecule has 20 heavy (non-hydrogen) atoms. The minimum atomic E-state index is 0.455. The number of aromatic nitrogens is 2. The lowest BCUT2D eigenvalue weighted by Gasteiger charge is -2.18. The molecule has 102 valence electrons. The largest absolute Gasteiger partial charge is 0.376 e. The van der Waals surface area contributed by atoms with E-state index < -0.39 is 0 Å². The van der Waals surface area contributed by atoms with Crippen molar-refractivity contribution in [3.8, 4) is 5.69 Å². The van der Waals surface area contributed by atoms with Crippen LogP contribution in [0, 0.1) is 0 Å². The normalized spacial score (nSPS) is 10.9. The van der Waals surface area contributed by atoms with E-state index in [-0.39, 0.29) is 0 Å². The van der Waals surface area contributed by atoms with E-state index in [2.05, 4.69) is 16.0 Å². The van der Waals surface area contributed by atoms with Crippen molar-refractivity contribution in [2.75, 3.05) is 24.7 Å². The van der Waals surface area contributed by atoms with Crippen LogP contribution in [0.1, 0.15) is 0 Å². The Bertz CT molecular complexity index is 777. The number of hydrogen-bond donors (Lipinski definition) is 1. The van der Waals surface area contributed by atoms with Crippen LogP contribution in [0.3, 0.4) is 0 Å². The number of anilines is 2. The van der Waals surface area contributed by atoms with Gasteiger partial charge >= 0.3 is 0 Å². The highest BCUT2D eigenvalue weighted by molar-refractivity contribution is 6.31. The van der Waals surface area contributed by atoms with Crippen molar-refractivity contribution < 1.29 is 0 Å². The predicted octanol–water partition coefficient (Wildman–Crippen LogP) is 3.33. The maximum Gasteiger partial charge on any atom is 0.206 e. The topological polar surface area (TPSA) is 47.1 Å². The SMILES string of the molecule is CN(C)c1ccccc1-n1c(N)nc2cc(Cl)ccc21. The van der Waals surface area contributed by atoms with E-state index in [4.69, 9.17) is 17.3 Å². The Morgan fingerprint density at radius 3 is 2.65 bits per heavy atom. The maximum atomic E-state index is 6.09. The van der Waals surface area contributed by atoms with Gasteiger partial charge in [0.2, 0.25) is 5.95 Å². The van der Waals surface area contributed by atoms with Crippen LogP contribution in [0.25, 0.3) is 16.7 Å². The molecule has 0 aliphatic heterocycles. The van der Waals surface area contributed by atoms with Crippen molar-refractivity contribution >= 4 is 34.3 Å². The van der Waals surface area contributed by atoms with Gasteiger partial charge in [0.15, 0.2) is 0 Å². The number of halogens is 1. The van der Waals surface area contributed by atoms with Crippen molar-refractivity contribution in [1.82, 2.24) is 9.55 Å². The Balaban J connectivity index is 2.33. The third kappa shape index (κ3) is 1.98. The Kier molecular flexibility index (Phi) is 3.03. The number of hydrogen-bond acceptors (Lipinski definition) is 3. The number of fused-ring (bicyclic) bond motifs is 1. The second-order valence-electron chi connectivity index (χ2n) is 4.82. The van der Waals surface area contributed by atoms with E-state index in [0.717, 1.165) is 22.4 Å². The first-order chi connectivity index (χ1) is 9.58. The maximum absolute atomic E-state index is 6.09. The summed E-state index contributed by atoms with van der Waals surface area (Å²) in [6, 6.07) is 13.7. The lowest BCUT2D eigenvalue weighted by atomic mass is 10.2. The molecule has 0 bridgehead atoms. The summed E-state index contributed by atoms with van der Waals surface area (Å²) in [6.07, 6.45) is 0. The monoisotopic (exact) mass is 286 g/mol. The fraction of sp³-hybridized carbons (Fsp3) is 0.133. The molecule has 0 spiro atoms. The highest BCUT2D eigenvalue weighted by Crippen LogP contribution is 2.30. The van der Waals surface area contributed by atoms with Crippen LogP contribution in [-0.2, 0) is 0 Å². The molecule has 2 N–H and O–H groups in total. The summed E-state index contributed by atoms with van der Waals surface area (Å²) in [6.45, 7) is 0. The van der Waals surface area contributed by atoms with Gasteiger partial charge < -0.3 is 10.6 Å². The number of rotatable bonds is 2. The Hall–Kier alpha value is -2.20. The molecule has 0 amide bonds. The summed E-state index contributed by atoms with van der Waals surface area (Å²) < 4.78 is 1.95. The van der Waals surface area contributed by atoms with E-state index in [9.17, 15) is 0 Å². The molecule has 0 aliphatic rings. The molecule has 0 saturated carbocycles. The van der Waals surface area contributed by atoms with Gasteiger partial charge in [-0.3, -0.25) is 4.57 Å². The first kappa shape index (κ1) is 12.8. The fourth-order valence-corrected chi connectivity index (χ4v) is 2.52. The quantitative estimate of drug-likeness (QED) is 0.786. The number of imidazole rings is 1. The lowest BCUT2D eigenvalue weighted by Crippen LogP contribution is -2.13. The number of benzene rings is 2. The summed E-state index contributed by atoms with van der Waals surface area (Å²) in [4.78, 5) is 6.44. The van der Waals surface area contributed by atoms with E-state index in [1.165, 1.54) is 0 Å². The minimum Gasteiger partial charge on any atom is -0.376 e. The molecule has 3 rings (SSSR count). The third-order valence-electron chi connectivity index (χ3n) is 3.25. The second kappa shape index (κ2) is 4.72.